The zero-order valence-corrected chi connectivity index (χ0v) is 12.9. The number of pyridine rings is 1. The minimum absolute atomic E-state index is 0.174. The standard InChI is InChI=1S/C17H19N3O3/c1-23-14-4-2-3-13-12(14)7-8-17(13,18)16(22)20-10-11-5-6-15(21)19-9-11/h2-6,9H,7-8,10,18H2,1H3,(H,19,21)(H,20,22). The highest BCUT2D eigenvalue weighted by molar-refractivity contribution is 5.89. The number of carbonyl (C=O) groups is 1. The van der Waals surface area contributed by atoms with Crippen LogP contribution in [-0.4, -0.2) is 18.0 Å². The zero-order chi connectivity index (χ0) is 16.4. The van der Waals surface area contributed by atoms with Crippen molar-refractivity contribution in [3.8, 4) is 5.75 Å². The van der Waals surface area contributed by atoms with Crippen LogP contribution in [0.1, 0.15) is 23.1 Å². The van der Waals surface area contributed by atoms with Gasteiger partial charge in [-0.2, -0.15) is 0 Å². The molecule has 0 radical (unpaired) electrons. The topological polar surface area (TPSA) is 97.2 Å². The van der Waals surface area contributed by atoms with Gasteiger partial charge in [0.25, 0.3) is 0 Å². The number of rotatable bonds is 4. The van der Waals surface area contributed by atoms with E-state index < -0.39 is 5.54 Å². The number of nitrogens with two attached hydrogens (primary N) is 1. The molecule has 0 bridgehead atoms. The number of nitrogens with one attached hydrogen (secondary N) is 2. The van der Waals surface area contributed by atoms with Crippen LogP contribution in [0.3, 0.4) is 0 Å². The van der Waals surface area contributed by atoms with Crippen molar-refractivity contribution in [1.82, 2.24) is 10.3 Å². The molecule has 3 rings (SSSR count). The minimum atomic E-state index is -1.05. The van der Waals surface area contributed by atoms with E-state index in [9.17, 15) is 9.59 Å². The molecule has 0 saturated carbocycles. The Balaban J connectivity index is 1.78. The van der Waals surface area contributed by atoms with Gasteiger partial charge in [-0.15, -0.1) is 0 Å². The van der Waals surface area contributed by atoms with Crippen LogP contribution in [-0.2, 0) is 23.3 Å². The van der Waals surface area contributed by atoms with E-state index in [4.69, 9.17) is 10.5 Å². The second-order valence-electron chi connectivity index (χ2n) is 5.70. The molecule has 120 valence electrons. The first kappa shape index (κ1) is 15.3. The first-order valence-electron chi connectivity index (χ1n) is 7.46. The highest BCUT2D eigenvalue weighted by Crippen LogP contribution is 2.39. The number of H-pyrrole nitrogens is 1. The first-order valence-corrected chi connectivity index (χ1v) is 7.46. The lowest BCUT2D eigenvalue weighted by atomic mass is 9.91. The Morgan fingerprint density at radius 1 is 1.39 bits per heavy atom. The number of fused-ring (bicyclic) bond motifs is 1. The van der Waals surface area contributed by atoms with Gasteiger partial charge in [0.05, 0.1) is 7.11 Å². The van der Waals surface area contributed by atoms with Gasteiger partial charge in [-0.1, -0.05) is 18.2 Å². The van der Waals surface area contributed by atoms with Crippen molar-refractivity contribution in [2.75, 3.05) is 7.11 Å². The lowest BCUT2D eigenvalue weighted by molar-refractivity contribution is -0.126. The summed E-state index contributed by atoms with van der Waals surface area (Å²) >= 11 is 0. The highest BCUT2D eigenvalue weighted by atomic mass is 16.5. The summed E-state index contributed by atoms with van der Waals surface area (Å²) in [7, 11) is 1.61. The maximum absolute atomic E-state index is 12.6. The van der Waals surface area contributed by atoms with Crippen molar-refractivity contribution in [3.63, 3.8) is 0 Å². The average Bonchev–Trinajstić information content (AvgIpc) is 2.93. The maximum Gasteiger partial charge on any atom is 0.247 e. The number of carbonyl (C=O) groups excluding carboxylic acids is 1. The molecule has 0 saturated heterocycles. The van der Waals surface area contributed by atoms with E-state index in [0.717, 1.165) is 22.4 Å². The van der Waals surface area contributed by atoms with Gasteiger partial charge >= 0.3 is 0 Å². The SMILES string of the molecule is COc1cccc2c1CCC2(N)C(=O)NCc1ccc(=O)[nH]c1. The van der Waals surface area contributed by atoms with Gasteiger partial charge in [0, 0.05) is 18.8 Å². The quantitative estimate of drug-likeness (QED) is 0.778. The van der Waals surface area contributed by atoms with Gasteiger partial charge in [-0.05, 0) is 35.6 Å². The zero-order valence-electron chi connectivity index (χ0n) is 12.9. The third kappa shape index (κ3) is 2.73. The molecule has 23 heavy (non-hydrogen) atoms. The molecular formula is C17H19N3O3. The van der Waals surface area contributed by atoms with Gasteiger partial charge in [0.1, 0.15) is 11.3 Å². The lowest BCUT2D eigenvalue weighted by Crippen LogP contribution is -2.49. The molecule has 1 aromatic carbocycles. The number of methoxy groups -OCH3 is 1. The van der Waals surface area contributed by atoms with Crippen LogP contribution >= 0.6 is 0 Å². The number of benzene rings is 1. The Kier molecular flexibility index (Phi) is 3.92. The van der Waals surface area contributed by atoms with Crippen LogP contribution in [0.15, 0.2) is 41.3 Å². The summed E-state index contributed by atoms with van der Waals surface area (Å²) in [4.78, 5) is 26.2. The van der Waals surface area contributed by atoms with Gasteiger partial charge in [-0.25, -0.2) is 0 Å². The van der Waals surface area contributed by atoms with Crippen molar-refractivity contribution < 1.29 is 9.53 Å². The third-order valence-corrected chi connectivity index (χ3v) is 4.31. The molecule has 1 unspecified atom stereocenters. The van der Waals surface area contributed by atoms with Crippen molar-refractivity contribution in [1.29, 1.82) is 0 Å². The summed E-state index contributed by atoms with van der Waals surface area (Å²) in [5.74, 6) is 0.541. The number of hydrogen-bond donors (Lipinski definition) is 3. The molecule has 2 aromatic rings. The van der Waals surface area contributed by atoms with E-state index in [1.807, 2.05) is 18.2 Å². The first-order chi connectivity index (χ1) is 11.0. The smallest absolute Gasteiger partial charge is 0.247 e. The Bertz CT molecular complexity index is 779. The second kappa shape index (κ2) is 5.89. The fraction of sp³-hybridized carbons (Fsp3) is 0.294. The second-order valence-corrected chi connectivity index (χ2v) is 5.70. The molecule has 0 spiro atoms. The van der Waals surface area contributed by atoms with Crippen LogP contribution in [0.5, 0.6) is 5.75 Å². The van der Waals surface area contributed by atoms with Crippen molar-refractivity contribution in [3.05, 3.63) is 63.6 Å². The maximum atomic E-state index is 12.6. The van der Waals surface area contributed by atoms with Gasteiger partial charge in [0.2, 0.25) is 11.5 Å². The van der Waals surface area contributed by atoms with E-state index in [-0.39, 0.29) is 11.5 Å². The molecule has 1 aliphatic rings. The summed E-state index contributed by atoms with van der Waals surface area (Å²) < 4.78 is 5.35. The predicted molar refractivity (Wildman–Crippen MR) is 86.1 cm³/mol. The number of hydrogen-bond acceptors (Lipinski definition) is 4. The molecule has 1 atom stereocenters. The molecule has 0 fully saturated rings. The summed E-state index contributed by atoms with van der Waals surface area (Å²) in [6.45, 7) is 0.313. The molecule has 6 nitrogen and oxygen atoms in total. The number of aromatic nitrogens is 1. The van der Waals surface area contributed by atoms with Crippen molar-refractivity contribution in [2.45, 2.75) is 24.9 Å². The molecule has 1 aromatic heterocycles. The normalized spacial score (nSPS) is 19.2. The van der Waals surface area contributed by atoms with Crippen LogP contribution in [0.2, 0.25) is 0 Å². The van der Waals surface area contributed by atoms with Crippen LogP contribution in [0.4, 0.5) is 0 Å². The van der Waals surface area contributed by atoms with E-state index in [1.165, 1.54) is 6.07 Å². The van der Waals surface area contributed by atoms with E-state index in [2.05, 4.69) is 10.3 Å². The van der Waals surface area contributed by atoms with Crippen molar-refractivity contribution >= 4 is 5.91 Å². The Labute approximate surface area is 133 Å². The molecule has 0 aliphatic heterocycles. The Morgan fingerprint density at radius 3 is 2.91 bits per heavy atom. The summed E-state index contributed by atoms with van der Waals surface area (Å²) in [6.07, 6.45) is 2.83. The molecule has 1 aliphatic carbocycles. The fourth-order valence-electron chi connectivity index (χ4n) is 3.02. The van der Waals surface area contributed by atoms with Gasteiger partial charge in [0.15, 0.2) is 0 Å². The van der Waals surface area contributed by atoms with Gasteiger partial charge < -0.3 is 20.8 Å². The minimum Gasteiger partial charge on any atom is -0.496 e. The van der Waals surface area contributed by atoms with Gasteiger partial charge in [-0.3, -0.25) is 9.59 Å². The Morgan fingerprint density at radius 2 is 2.22 bits per heavy atom. The highest BCUT2D eigenvalue weighted by Gasteiger charge is 2.42. The molecule has 6 heteroatoms. The predicted octanol–water partition coefficient (Wildman–Crippen LogP) is 0.800. The summed E-state index contributed by atoms with van der Waals surface area (Å²) in [6, 6.07) is 8.70. The molecule has 1 amide bonds. The fourth-order valence-corrected chi connectivity index (χ4v) is 3.02. The van der Waals surface area contributed by atoms with Crippen LogP contribution in [0.25, 0.3) is 0 Å². The number of amides is 1. The number of aromatic amines is 1. The largest absolute Gasteiger partial charge is 0.496 e. The molecule has 4 N–H and O–H groups in total. The Hall–Kier alpha value is -2.60. The average molecular weight is 313 g/mol. The molecular weight excluding hydrogens is 294 g/mol. The summed E-state index contributed by atoms with van der Waals surface area (Å²) in [5, 5.41) is 2.85. The van der Waals surface area contributed by atoms with Crippen LogP contribution < -0.4 is 21.3 Å². The van der Waals surface area contributed by atoms with E-state index in [0.29, 0.717) is 19.4 Å². The lowest BCUT2D eigenvalue weighted by Gasteiger charge is -2.24. The third-order valence-electron chi connectivity index (χ3n) is 4.31. The van der Waals surface area contributed by atoms with E-state index in [1.54, 1.807) is 19.4 Å². The number of ether oxygens (including phenoxy) is 1. The van der Waals surface area contributed by atoms with Crippen LogP contribution in [0, 0.1) is 0 Å². The monoisotopic (exact) mass is 313 g/mol. The summed E-state index contributed by atoms with van der Waals surface area (Å²) in [5.41, 5.74) is 7.80. The molecule has 1 heterocycles. The van der Waals surface area contributed by atoms with E-state index >= 15 is 0 Å². The van der Waals surface area contributed by atoms with Crippen molar-refractivity contribution in [2.24, 2.45) is 5.73 Å².